The molecule has 0 saturated carbocycles. The Labute approximate surface area is 159 Å². The van der Waals surface area contributed by atoms with E-state index in [2.05, 4.69) is 28.1 Å². The van der Waals surface area contributed by atoms with Crippen molar-refractivity contribution in [2.45, 2.75) is 19.9 Å². The summed E-state index contributed by atoms with van der Waals surface area (Å²) in [6.07, 6.45) is 4.12. The van der Waals surface area contributed by atoms with E-state index in [0.717, 1.165) is 18.7 Å². The molecule has 0 aliphatic heterocycles. The van der Waals surface area contributed by atoms with Crippen LogP contribution in [0.1, 0.15) is 19.0 Å². The van der Waals surface area contributed by atoms with E-state index in [9.17, 15) is 9.65 Å². The third kappa shape index (κ3) is 2.94. The lowest BCUT2D eigenvalue weighted by Crippen LogP contribution is -2.03. The average molecular weight is 381 g/mol. The van der Waals surface area contributed by atoms with E-state index in [0.29, 0.717) is 28.3 Å². The summed E-state index contributed by atoms with van der Waals surface area (Å²) in [6.45, 7) is 2.81. The normalized spacial score (nSPS) is 11.0. The standard InChI is InChI=1S/C19H14ClFN6/c1-2-7-26-11-24-18(12-3-4-15(21)14(20)8-12)19(26)16-5-6-17-23-10-13(9-22)27(17)25-16/h3-6,8,10-11H,2,7H2,1H3. The van der Waals surface area contributed by atoms with Crippen molar-refractivity contribution in [1.29, 1.82) is 5.26 Å². The Kier molecular flexibility index (Phi) is 4.34. The topological polar surface area (TPSA) is 71.8 Å². The Morgan fingerprint density at radius 1 is 1.22 bits per heavy atom. The summed E-state index contributed by atoms with van der Waals surface area (Å²) in [4.78, 5) is 8.68. The molecule has 4 rings (SSSR count). The van der Waals surface area contributed by atoms with Crippen molar-refractivity contribution >= 4 is 17.2 Å². The van der Waals surface area contributed by atoms with Crippen molar-refractivity contribution in [2.24, 2.45) is 0 Å². The Bertz CT molecular complexity index is 1190. The van der Waals surface area contributed by atoms with Gasteiger partial charge in [0.25, 0.3) is 0 Å². The maximum Gasteiger partial charge on any atom is 0.162 e. The molecule has 3 aromatic heterocycles. The van der Waals surface area contributed by atoms with E-state index in [1.165, 1.54) is 16.8 Å². The van der Waals surface area contributed by atoms with E-state index < -0.39 is 5.82 Å². The molecule has 0 fully saturated rings. The minimum absolute atomic E-state index is 0.0354. The van der Waals surface area contributed by atoms with E-state index in [-0.39, 0.29) is 5.02 Å². The highest BCUT2D eigenvalue weighted by atomic mass is 35.5. The quantitative estimate of drug-likeness (QED) is 0.528. The lowest BCUT2D eigenvalue weighted by molar-refractivity contribution is 0.628. The average Bonchev–Trinajstić information content (AvgIpc) is 3.27. The van der Waals surface area contributed by atoms with Crippen molar-refractivity contribution in [3.05, 3.63) is 59.4 Å². The number of aryl methyl sites for hydroxylation is 1. The van der Waals surface area contributed by atoms with Crippen molar-refractivity contribution < 1.29 is 4.39 Å². The Morgan fingerprint density at radius 3 is 2.81 bits per heavy atom. The molecule has 0 radical (unpaired) electrons. The van der Waals surface area contributed by atoms with Crippen molar-refractivity contribution in [1.82, 2.24) is 24.1 Å². The molecule has 0 aliphatic carbocycles. The predicted octanol–water partition coefficient (Wildman–Crippen LogP) is 4.33. The van der Waals surface area contributed by atoms with Gasteiger partial charge in [-0.25, -0.2) is 18.9 Å². The number of halogens is 2. The largest absolute Gasteiger partial charge is 0.329 e. The molecule has 27 heavy (non-hydrogen) atoms. The van der Waals surface area contributed by atoms with Crippen LogP contribution in [0.5, 0.6) is 0 Å². The van der Waals surface area contributed by atoms with Crippen LogP contribution in [0.25, 0.3) is 28.3 Å². The van der Waals surface area contributed by atoms with Gasteiger partial charge in [0.15, 0.2) is 11.3 Å². The van der Waals surface area contributed by atoms with Crippen LogP contribution in [0.15, 0.2) is 42.9 Å². The van der Waals surface area contributed by atoms with E-state index in [4.69, 9.17) is 11.6 Å². The molecular formula is C19H14ClFN6. The van der Waals surface area contributed by atoms with Crippen LogP contribution in [0, 0.1) is 17.1 Å². The first kappa shape index (κ1) is 17.2. The van der Waals surface area contributed by atoms with Crippen LogP contribution in [0.2, 0.25) is 5.02 Å². The Balaban J connectivity index is 1.94. The molecule has 0 spiro atoms. The fourth-order valence-corrected chi connectivity index (χ4v) is 3.17. The number of nitriles is 1. The monoisotopic (exact) mass is 380 g/mol. The second-order valence-corrected chi connectivity index (χ2v) is 6.42. The summed E-state index contributed by atoms with van der Waals surface area (Å²) < 4.78 is 17.1. The minimum atomic E-state index is -0.480. The van der Waals surface area contributed by atoms with Gasteiger partial charge in [0.05, 0.1) is 28.9 Å². The summed E-state index contributed by atoms with van der Waals surface area (Å²) in [5, 5.41) is 13.9. The van der Waals surface area contributed by atoms with Crippen LogP contribution in [0.3, 0.4) is 0 Å². The van der Waals surface area contributed by atoms with Gasteiger partial charge in [-0.3, -0.25) is 0 Å². The van der Waals surface area contributed by atoms with Crippen LogP contribution >= 0.6 is 11.6 Å². The van der Waals surface area contributed by atoms with Gasteiger partial charge in [-0.2, -0.15) is 10.4 Å². The number of aromatic nitrogens is 5. The fourth-order valence-electron chi connectivity index (χ4n) is 2.99. The molecule has 3 heterocycles. The molecule has 4 aromatic rings. The number of hydrogen-bond donors (Lipinski definition) is 0. The Morgan fingerprint density at radius 2 is 2.07 bits per heavy atom. The first-order valence-corrected chi connectivity index (χ1v) is 8.76. The third-order valence-corrected chi connectivity index (χ3v) is 4.50. The first-order chi connectivity index (χ1) is 13.1. The number of nitrogens with zero attached hydrogens (tertiary/aromatic N) is 6. The molecule has 134 valence electrons. The van der Waals surface area contributed by atoms with Crippen LogP contribution < -0.4 is 0 Å². The highest BCUT2D eigenvalue weighted by Gasteiger charge is 2.18. The smallest absolute Gasteiger partial charge is 0.162 e. The predicted molar refractivity (Wildman–Crippen MR) is 99.6 cm³/mol. The SMILES string of the molecule is CCCn1cnc(-c2ccc(F)c(Cl)c2)c1-c1ccc2ncc(C#N)n2n1. The molecule has 1 aromatic carbocycles. The number of benzene rings is 1. The first-order valence-electron chi connectivity index (χ1n) is 8.38. The zero-order valence-electron chi connectivity index (χ0n) is 14.4. The van der Waals surface area contributed by atoms with Gasteiger partial charge in [-0.15, -0.1) is 0 Å². The van der Waals surface area contributed by atoms with Crippen LogP contribution in [-0.2, 0) is 6.54 Å². The molecule has 0 N–H and O–H groups in total. The second-order valence-electron chi connectivity index (χ2n) is 6.01. The van der Waals surface area contributed by atoms with Crippen molar-refractivity contribution in [3.63, 3.8) is 0 Å². The van der Waals surface area contributed by atoms with Gasteiger partial charge in [-0.05, 0) is 36.8 Å². The molecule has 0 bridgehead atoms. The van der Waals surface area contributed by atoms with Gasteiger partial charge in [-0.1, -0.05) is 18.5 Å². The van der Waals surface area contributed by atoms with Crippen molar-refractivity contribution in [2.75, 3.05) is 0 Å². The lowest BCUT2D eigenvalue weighted by atomic mass is 10.1. The highest BCUT2D eigenvalue weighted by Crippen LogP contribution is 2.32. The fraction of sp³-hybridized carbons (Fsp3) is 0.158. The van der Waals surface area contributed by atoms with E-state index in [1.54, 1.807) is 24.5 Å². The van der Waals surface area contributed by atoms with E-state index in [1.807, 2.05) is 10.6 Å². The second kappa shape index (κ2) is 6.82. The summed E-state index contributed by atoms with van der Waals surface area (Å²) in [5.74, 6) is -0.480. The maximum absolute atomic E-state index is 13.6. The van der Waals surface area contributed by atoms with Gasteiger partial charge in [0.2, 0.25) is 0 Å². The Hall–Kier alpha value is -3.24. The van der Waals surface area contributed by atoms with Gasteiger partial charge in [0.1, 0.15) is 17.6 Å². The number of fused-ring (bicyclic) bond motifs is 1. The highest BCUT2D eigenvalue weighted by molar-refractivity contribution is 6.31. The molecule has 0 atom stereocenters. The molecule has 0 aliphatic rings. The van der Waals surface area contributed by atoms with Crippen LogP contribution in [0.4, 0.5) is 4.39 Å². The maximum atomic E-state index is 13.6. The van der Waals surface area contributed by atoms with Crippen LogP contribution in [-0.4, -0.2) is 24.1 Å². The molecule has 0 saturated heterocycles. The molecular weight excluding hydrogens is 367 g/mol. The molecule has 8 heteroatoms. The number of hydrogen-bond acceptors (Lipinski definition) is 4. The summed E-state index contributed by atoms with van der Waals surface area (Å²) in [5.41, 5.74) is 3.69. The lowest BCUT2D eigenvalue weighted by Gasteiger charge is -2.10. The number of rotatable bonds is 4. The summed E-state index contributed by atoms with van der Waals surface area (Å²) in [7, 11) is 0. The summed E-state index contributed by atoms with van der Waals surface area (Å²) >= 11 is 5.96. The van der Waals surface area contributed by atoms with Gasteiger partial charge >= 0.3 is 0 Å². The van der Waals surface area contributed by atoms with Crippen molar-refractivity contribution in [3.8, 4) is 28.7 Å². The molecule has 6 nitrogen and oxygen atoms in total. The van der Waals surface area contributed by atoms with Gasteiger partial charge in [0, 0.05) is 12.1 Å². The minimum Gasteiger partial charge on any atom is -0.329 e. The molecule has 0 amide bonds. The zero-order chi connectivity index (χ0) is 19.0. The zero-order valence-corrected chi connectivity index (χ0v) is 15.2. The summed E-state index contributed by atoms with van der Waals surface area (Å²) in [6, 6.07) is 10.2. The van der Waals surface area contributed by atoms with E-state index >= 15 is 0 Å². The number of imidazole rings is 2. The third-order valence-electron chi connectivity index (χ3n) is 4.21. The molecule has 0 unspecified atom stereocenters. The van der Waals surface area contributed by atoms with Gasteiger partial charge < -0.3 is 4.57 Å².